The van der Waals surface area contributed by atoms with Crippen LogP contribution in [0.2, 0.25) is 0 Å². The van der Waals surface area contributed by atoms with Crippen LogP contribution >= 0.6 is 0 Å². The number of carbonyl (C=O) groups is 1. The van der Waals surface area contributed by atoms with Crippen molar-refractivity contribution in [2.24, 2.45) is 5.92 Å². The smallest absolute Gasteiger partial charge is 0.225 e. The molecule has 1 saturated heterocycles. The molecule has 4 rings (SSSR count). The number of likely N-dealkylation sites (tertiary alicyclic amines) is 1. The molecule has 0 radical (unpaired) electrons. The van der Waals surface area contributed by atoms with Crippen LogP contribution in [-0.4, -0.2) is 37.6 Å². The van der Waals surface area contributed by atoms with E-state index in [1.807, 2.05) is 6.07 Å². The van der Waals surface area contributed by atoms with Gasteiger partial charge >= 0.3 is 0 Å². The Morgan fingerprint density at radius 2 is 1.76 bits per heavy atom. The third kappa shape index (κ3) is 4.96. The Morgan fingerprint density at radius 3 is 2.55 bits per heavy atom. The Hall–Kier alpha value is -2.85. The summed E-state index contributed by atoms with van der Waals surface area (Å²) < 4.78 is 5.96. The van der Waals surface area contributed by atoms with E-state index in [0.29, 0.717) is 0 Å². The van der Waals surface area contributed by atoms with Crippen LogP contribution in [-0.2, 0) is 17.8 Å². The van der Waals surface area contributed by atoms with E-state index in [1.165, 1.54) is 21.9 Å². The molecule has 0 bridgehead atoms. The lowest BCUT2D eigenvalue weighted by atomic mass is 9.98. The molecule has 0 spiro atoms. The highest BCUT2D eigenvalue weighted by molar-refractivity contribution is 5.84. The average Bonchev–Trinajstić information content (AvgIpc) is 2.73. The summed E-state index contributed by atoms with van der Waals surface area (Å²) in [7, 11) is 1.70. The number of nitrogens with one attached hydrogen (secondary N) is 1. The van der Waals surface area contributed by atoms with Gasteiger partial charge in [0.2, 0.25) is 5.91 Å². The fraction of sp³-hybridized carbons (Fsp3) is 0.320. The topological polar surface area (TPSA) is 41.6 Å². The maximum atomic E-state index is 11.6. The number of nitrogens with zero attached hydrogens (tertiary/aromatic N) is 1. The normalized spacial score (nSPS) is 14.5. The zero-order valence-electron chi connectivity index (χ0n) is 16.9. The molecule has 4 nitrogen and oxygen atoms in total. The van der Waals surface area contributed by atoms with Crippen molar-refractivity contribution in [1.82, 2.24) is 10.2 Å². The number of benzene rings is 3. The van der Waals surface area contributed by atoms with Gasteiger partial charge in [0, 0.05) is 26.7 Å². The van der Waals surface area contributed by atoms with E-state index in [1.54, 1.807) is 7.05 Å². The average molecular weight is 389 g/mol. The van der Waals surface area contributed by atoms with E-state index >= 15 is 0 Å². The lowest BCUT2D eigenvalue weighted by Crippen LogP contribution is -2.52. The molecular formula is C25H28N2O2. The van der Waals surface area contributed by atoms with E-state index in [0.717, 1.165) is 44.8 Å². The van der Waals surface area contributed by atoms with Gasteiger partial charge in [0.1, 0.15) is 5.75 Å². The van der Waals surface area contributed by atoms with Crippen molar-refractivity contribution in [3.05, 3.63) is 77.9 Å². The van der Waals surface area contributed by atoms with Gasteiger partial charge in [-0.3, -0.25) is 9.69 Å². The summed E-state index contributed by atoms with van der Waals surface area (Å²) in [6, 6.07) is 23.4. The number of carbonyl (C=O) groups excluding carboxylic acids is 1. The molecule has 29 heavy (non-hydrogen) atoms. The first-order chi connectivity index (χ1) is 14.2. The molecule has 1 amide bonds. The lowest BCUT2D eigenvalue weighted by molar-refractivity contribution is -0.129. The zero-order valence-corrected chi connectivity index (χ0v) is 16.9. The first-order valence-corrected chi connectivity index (χ1v) is 10.3. The predicted molar refractivity (Wildman–Crippen MR) is 117 cm³/mol. The second-order valence-corrected chi connectivity index (χ2v) is 7.79. The van der Waals surface area contributed by atoms with E-state index in [4.69, 9.17) is 4.74 Å². The van der Waals surface area contributed by atoms with E-state index in [-0.39, 0.29) is 11.8 Å². The number of ether oxygens (including phenoxy) is 1. The third-order valence-electron chi connectivity index (χ3n) is 5.58. The number of fused-ring (bicyclic) bond motifs is 1. The molecule has 1 aliphatic rings. The molecule has 0 saturated carbocycles. The molecule has 1 aliphatic heterocycles. The van der Waals surface area contributed by atoms with Crippen molar-refractivity contribution in [1.29, 1.82) is 0 Å². The van der Waals surface area contributed by atoms with Gasteiger partial charge in [0.15, 0.2) is 0 Å². The minimum Gasteiger partial charge on any atom is -0.494 e. The van der Waals surface area contributed by atoms with Gasteiger partial charge in [-0.2, -0.15) is 0 Å². The van der Waals surface area contributed by atoms with E-state index < -0.39 is 0 Å². The van der Waals surface area contributed by atoms with Crippen LogP contribution in [0.5, 0.6) is 5.75 Å². The van der Waals surface area contributed by atoms with Crippen molar-refractivity contribution < 1.29 is 9.53 Å². The maximum Gasteiger partial charge on any atom is 0.225 e. The van der Waals surface area contributed by atoms with Crippen molar-refractivity contribution in [2.45, 2.75) is 19.4 Å². The standard InChI is InChI=1S/C25H28N2O2/c1-26-25(28)23-17-27(18-23)16-20-9-10-22-15-24(12-11-21(22)14-20)29-13-5-8-19-6-3-2-4-7-19/h2-4,6-7,9-12,14-15,23H,5,8,13,16-18H2,1H3,(H,26,28). The Balaban J connectivity index is 1.28. The monoisotopic (exact) mass is 388 g/mol. The Kier molecular flexibility index (Phi) is 6.11. The number of hydrogen-bond donors (Lipinski definition) is 1. The second-order valence-electron chi connectivity index (χ2n) is 7.79. The van der Waals surface area contributed by atoms with Crippen molar-refractivity contribution in [3.8, 4) is 5.75 Å². The van der Waals surface area contributed by atoms with Crippen LogP contribution in [0.1, 0.15) is 17.5 Å². The van der Waals surface area contributed by atoms with Crippen molar-refractivity contribution in [3.63, 3.8) is 0 Å². The molecule has 0 atom stereocenters. The van der Waals surface area contributed by atoms with E-state index in [2.05, 4.69) is 70.9 Å². The fourth-order valence-electron chi connectivity index (χ4n) is 3.90. The number of rotatable bonds is 8. The summed E-state index contributed by atoms with van der Waals surface area (Å²) >= 11 is 0. The minimum absolute atomic E-state index is 0.141. The fourth-order valence-corrected chi connectivity index (χ4v) is 3.90. The molecule has 3 aromatic rings. The van der Waals surface area contributed by atoms with Gasteiger partial charge in [-0.1, -0.05) is 48.5 Å². The molecule has 4 heteroatoms. The van der Waals surface area contributed by atoms with Crippen LogP contribution in [0, 0.1) is 5.92 Å². The molecule has 150 valence electrons. The summed E-state index contributed by atoms with van der Waals surface area (Å²) in [5.74, 6) is 1.22. The summed E-state index contributed by atoms with van der Waals surface area (Å²) in [6.07, 6.45) is 2.04. The first kappa shape index (κ1) is 19.5. The van der Waals surface area contributed by atoms with Gasteiger partial charge in [0.05, 0.1) is 12.5 Å². The SMILES string of the molecule is CNC(=O)C1CN(Cc2ccc3cc(OCCCc4ccccc4)ccc3c2)C1. The first-order valence-electron chi connectivity index (χ1n) is 10.3. The predicted octanol–water partition coefficient (Wildman–Crippen LogP) is 4.03. The zero-order chi connectivity index (χ0) is 20.1. The number of hydrogen-bond acceptors (Lipinski definition) is 3. The Bertz CT molecular complexity index is 965. The van der Waals surface area contributed by atoms with Gasteiger partial charge in [-0.25, -0.2) is 0 Å². The van der Waals surface area contributed by atoms with Crippen LogP contribution in [0.3, 0.4) is 0 Å². The van der Waals surface area contributed by atoms with Gasteiger partial charge < -0.3 is 10.1 Å². The molecule has 1 fully saturated rings. The highest BCUT2D eigenvalue weighted by Crippen LogP contribution is 2.25. The van der Waals surface area contributed by atoms with Gasteiger partial charge in [-0.15, -0.1) is 0 Å². The molecule has 1 heterocycles. The number of amides is 1. The van der Waals surface area contributed by atoms with Gasteiger partial charge in [0.25, 0.3) is 0 Å². The summed E-state index contributed by atoms with van der Waals surface area (Å²) in [5, 5.41) is 5.15. The van der Waals surface area contributed by atoms with Gasteiger partial charge in [-0.05, 0) is 52.9 Å². The Labute approximate surface area is 172 Å². The van der Waals surface area contributed by atoms with E-state index in [9.17, 15) is 4.79 Å². The second kappa shape index (κ2) is 9.10. The van der Waals surface area contributed by atoms with Crippen molar-refractivity contribution >= 4 is 16.7 Å². The van der Waals surface area contributed by atoms with Crippen LogP contribution in [0.15, 0.2) is 66.7 Å². The molecule has 0 aromatic heterocycles. The lowest BCUT2D eigenvalue weighted by Gasteiger charge is -2.38. The summed E-state index contributed by atoms with van der Waals surface area (Å²) in [6.45, 7) is 3.29. The third-order valence-corrected chi connectivity index (χ3v) is 5.58. The summed E-state index contributed by atoms with van der Waals surface area (Å²) in [4.78, 5) is 13.9. The molecule has 0 unspecified atom stereocenters. The molecule has 3 aromatic carbocycles. The van der Waals surface area contributed by atoms with Crippen molar-refractivity contribution in [2.75, 3.05) is 26.7 Å². The highest BCUT2D eigenvalue weighted by atomic mass is 16.5. The molecule has 0 aliphatic carbocycles. The largest absolute Gasteiger partial charge is 0.494 e. The summed E-state index contributed by atoms with van der Waals surface area (Å²) in [5.41, 5.74) is 2.63. The van der Waals surface area contributed by atoms with Crippen LogP contribution < -0.4 is 10.1 Å². The number of aryl methyl sites for hydroxylation is 1. The van der Waals surface area contributed by atoms with Crippen LogP contribution in [0.4, 0.5) is 0 Å². The minimum atomic E-state index is 0.141. The quantitative estimate of drug-likeness (QED) is 0.593. The Morgan fingerprint density at radius 1 is 1.00 bits per heavy atom. The van der Waals surface area contributed by atoms with Crippen LogP contribution in [0.25, 0.3) is 10.8 Å². The molecular weight excluding hydrogens is 360 g/mol. The highest BCUT2D eigenvalue weighted by Gasteiger charge is 2.31. The maximum absolute atomic E-state index is 11.6. The molecule has 1 N–H and O–H groups in total.